The quantitative estimate of drug-likeness (QED) is 0.439. The molecule has 0 aliphatic carbocycles. The van der Waals surface area contributed by atoms with Crippen molar-refractivity contribution in [2.45, 2.75) is 19.8 Å². The Hall–Kier alpha value is -1.87. The number of carbonyl (C=O) groups is 2. The van der Waals surface area contributed by atoms with Gasteiger partial charge in [0.15, 0.2) is 10.9 Å². The van der Waals surface area contributed by atoms with Crippen molar-refractivity contribution >= 4 is 22.7 Å². The third kappa shape index (κ3) is 4.57. The summed E-state index contributed by atoms with van der Waals surface area (Å²) in [6.45, 7) is 7.35. The maximum Gasteiger partial charge on any atom is 0.195 e. The first-order chi connectivity index (χ1) is 10.0. The molecule has 0 amide bonds. The van der Waals surface area contributed by atoms with Gasteiger partial charge in [-0.25, -0.2) is 0 Å². The van der Waals surface area contributed by atoms with E-state index in [0.717, 1.165) is 5.56 Å². The summed E-state index contributed by atoms with van der Waals surface area (Å²) in [6, 6.07) is 7.25. The van der Waals surface area contributed by atoms with Crippen molar-refractivity contribution < 1.29 is 9.59 Å². The van der Waals surface area contributed by atoms with Crippen LogP contribution in [0.15, 0.2) is 60.7 Å². The minimum atomic E-state index is -0.221. The molecule has 3 heteroatoms. The Labute approximate surface area is 130 Å². The predicted octanol–water partition coefficient (Wildman–Crippen LogP) is 4.55. The van der Waals surface area contributed by atoms with Crippen LogP contribution in [0.1, 0.15) is 35.7 Å². The first-order valence-corrected chi connectivity index (χ1v) is 7.95. The Morgan fingerprint density at radius 3 is 2.62 bits per heavy atom. The van der Waals surface area contributed by atoms with Crippen molar-refractivity contribution in [3.05, 3.63) is 71.8 Å². The lowest BCUT2D eigenvalue weighted by molar-refractivity contribution is -0.111. The Balaban J connectivity index is 3.15. The van der Waals surface area contributed by atoms with Gasteiger partial charge in [-0.3, -0.25) is 9.59 Å². The van der Waals surface area contributed by atoms with E-state index < -0.39 is 0 Å². The number of hydrogen-bond donors (Lipinski definition) is 0. The van der Waals surface area contributed by atoms with Crippen molar-refractivity contribution in [1.82, 2.24) is 0 Å². The van der Waals surface area contributed by atoms with Gasteiger partial charge in [-0.2, -0.15) is 0 Å². The van der Waals surface area contributed by atoms with E-state index in [4.69, 9.17) is 0 Å². The summed E-state index contributed by atoms with van der Waals surface area (Å²) in [4.78, 5) is 24.3. The van der Waals surface area contributed by atoms with Crippen LogP contribution in [0.4, 0.5) is 0 Å². The summed E-state index contributed by atoms with van der Waals surface area (Å²) in [5.74, 6) is -0.292. The second kappa shape index (κ2) is 8.42. The van der Waals surface area contributed by atoms with Crippen LogP contribution in [0.3, 0.4) is 0 Å². The van der Waals surface area contributed by atoms with Crippen LogP contribution in [0.5, 0.6) is 0 Å². The zero-order valence-corrected chi connectivity index (χ0v) is 13.4. The molecule has 2 nitrogen and oxygen atoms in total. The molecule has 0 fully saturated rings. The van der Waals surface area contributed by atoms with E-state index in [-0.39, 0.29) is 16.8 Å². The van der Waals surface area contributed by atoms with E-state index in [2.05, 4.69) is 6.58 Å². The van der Waals surface area contributed by atoms with Crippen molar-refractivity contribution in [2.24, 2.45) is 0 Å². The first-order valence-electron chi connectivity index (χ1n) is 6.73. The average Bonchev–Trinajstić information content (AvgIpc) is 2.52. The molecule has 0 spiro atoms. The Kier molecular flexibility index (Phi) is 6.89. The SMILES string of the molecule is C=CC=C(C=CC)C(=O)c1cccc(C(C)C(=O)SC)c1. The number of ketones is 1. The summed E-state index contributed by atoms with van der Waals surface area (Å²) in [6.07, 6.45) is 8.62. The monoisotopic (exact) mass is 300 g/mol. The van der Waals surface area contributed by atoms with Crippen LogP contribution in [-0.2, 0) is 4.79 Å². The lowest BCUT2D eigenvalue weighted by Gasteiger charge is -2.10. The molecule has 1 rings (SSSR count). The predicted molar refractivity (Wildman–Crippen MR) is 90.8 cm³/mol. The highest BCUT2D eigenvalue weighted by molar-refractivity contribution is 8.13. The fraction of sp³-hybridized carbons (Fsp3) is 0.222. The minimum Gasteiger partial charge on any atom is -0.289 e. The van der Waals surface area contributed by atoms with Crippen molar-refractivity contribution in [2.75, 3.05) is 6.26 Å². The normalized spacial score (nSPS) is 13.2. The van der Waals surface area contributed by atoms with Crippen LogP contribution in [0, 0.1) is 0 Å². The fourth-order valence-corrected chi connectivity index (χ4v) is 2.43. The van der Waals surface area contributed by atoms with Gasteiger partial charge in [0, 0.05) is 11.1 Å². The molecule has 0 saturated carbocycles. The maximum absolute atomic E-state index is 12.5. The van der Waals surface area contributed by atoms with Gasteiger partial charge in [0.1, 0.15) is 0 Å². The molecule has 1 aromatic carbocycles. The minimum absolute atomic E-state index is 0.0707. The molecule has 21 heavy (non-hydrogen) atoms. The maximum atomic E-state index is 12.5. The summed E-state index contributed by atoms with van der Waals surface area (Å²) in [7, 11) is 0. The largest absolute Gasteiger partial charge is 0.289 e. The van der Waals surface area contributed by atoms with Gasteiger partial charge < -0.3 is 0 Å². The van der Waals surface area contributed by atoms with E-state index >= 15 is 0 Å². The Morgan fingerprint density at radius 1 is 1.33 bits per heavy atom. The average molecular weight is 300 g/mol. The topological polar surface area (TPSA) is 34.1 Å². The van der Waals surface area contributed by atoms with Gasteiger partial charge in [-0.05, 0) is 24.8 Å². The van der Waals surface area contributed by atoms with Crippen LogP contribution in [-0.4, -0.2) is 17.2 Å². The molecule has 1 unspecified atom stereocenters. The highest BCUT2D eigenvalue weighted by Crippen LogP contribution is 2.23. The van der Waals surface area contributed by atoms with Crippen molar-refractivity contribution in [3.63, 3.8) is 0 Å². The summed E-state index contributed by atoms with van der Waals surface area (Å²) in [5.41, 5.74) is 2.02. The zero-order chi connectivity index (χ0) is 15.8. The van der Waals surface area contributed by atoms with Gasteiger partial charge in [0.05, 0.1) is 5.92 Å². The van der Waals surface area contributed by atoms with Crippen LogP contribution in [0.2, 0.25) is 0 Å². The molecule has 0 saturated heterocycles. The summed E-state index contributed by atoms with van der Waals surface area (Å²) < 4.78 is 0. The second-order valence-electron chi connectivity index (χ2n) is 4.56. The van der Waals surface area contributed by atoms with Gasteiger partial charge >= 0.3 is 0 Å². The van der Waals surface area contributed by atoms with Gasteiger partial charge in [-0.1, -0.05) is 67.8 Å². The van der Waals surface area contributed by atoms with E-state index in [9.17, 15) is 9.59 Å². The zero-order valence-electron chi connectivity index (χ0n) is 12.6. The number of thioether (sulfide) groups is 1. The van der Waals surface area contributed by atoms with E-state index in [0.29, 0.717) is 11.1 Å². The van der Waals surface area contributed by atoms with Crippen LogP contribution >= 0.6 is 11.8 Å². The van der Waals surface area contributed by atoms with Gasteiger partial charge in [0.2, 0.25) is 0 Å². The highest BCUT2D eigenvalue weighted by atomic mass is 32.2. The number of benzene rings is 1. The number of carbonyl (C=O) groups excluding carboxylic acids is 2. The van der Waals surface area contributed by atoms with Crippen LogP contribution < -0.4 is 0 Å². The molecule has 1 aromatic rings. The molecular weight excluding hydrogens is 280 g/mol. The standard InChI is InChI=1S/C18H20O2S/c1-5-8-14(9-6-2)17(19)16-11-7-10-15(12-16)13(3)18(20)21-4/h5-13H,1H2,2-4H3. The van der Waals surface area contributed by atoms with E-state index in [1.807, 2.05) is 32.1 Å². The molecule has 0 aliphatic heterocycles. The molecule has 0 heterocycles. The number of Topliss-reactive ketones (excluding diaryl/α,β-unsaturated/α-hetero) is 1. The number of rotatable bonds is 6. The molecule has 0 aliphatic rings. The molecule has 0 aromatic heterocycles. The first kappa shape index (κ1) is 17.2. The molecular formula is C18H20O2S. The third-order valence-electron chi connectivity index (χ3n) is 3.11. The third-order valence-corrected chi connectivity index (χ3v) is 3.87. The van der Waals surface area contributed by atoms with Gasteiger partial charge in [0.25, 0.3) is 0 Å². The molecule has 0 bridgehead atoms. The Bertz CT molecular complexity index is 597. The molecule has 0 radical (unpaired) electrons. The Morgan fingerprint density at radius 2 is 2.05 bits per heavy atom. The van der Waals surface area contributed by atoms with E-state index in [1.54, 1.807) is 36.6 Å². The molecule has 1 atom stereocenters. The molecule has 110 valence electrons. The summed E-state index contributed by atoms with van der Waals surface area (Å²) >= 11 is 1.20. The fourth-order valence-electron chi connectivity index (χ4n) is 1.94. The lowest BCUT2D eigenvalue weighted by Crippen LogP contribution is -2.07. The van der Waals surface area contributed by atoms with Crippen LogP contribution in [0.25, 0.3) is 0 Å². The van der Waals surface area contributed by atoms with E-state index in [1.165, 1.54) is 11.8 Å². The van der Waals surface area contributed by atoms with Crippen molar-refractivity contribution in [3.8, 4) is 0 Å². The van der Waals surface area contributed by atoms with Gasteiger partial charge in [-0.15, -0.1) is 0 Å². The summed E-state index contributed by atoms with van der Waals surface area (Å²) in [5, 5.41) is 0.0925. The number of allylic oxidation sites excluding steroid dienone is 5. The highest BCUT2D eigenvalue weighted by Gasteiger charge is 2.16. The number of hydrogen-bond acceptors (Lipinski definition) is 3. The van der Waals surface area contributed by atoms with Crippen molar-refractivity contribution in [1.29, 1.82) is 0 Å². The molecule has 0 N–H and O–H groups in total. The lowest BCUT2D eigenvalue weighted by atomic mass is 9.96. The second-order valence-corrected chi connectivity index (χ2v) is 5.37. The smallest absolute Gasteiger partial charge is 0.195 e.